The Hall–Kier alpha value is -0.160. The second-order valence-corrected chi connectivity index (χ2v) is 13.2. The van der Waals surface area contributed by atoms with Gasteiger partial charge in [0.25, 0.3) is 0 Å². The summed E-state index contributed by atoms with van der Waals surface area (Å²) in [5, 5.41) is 21.5. The zero-order valence-corrected chi connectivity index (χ0v) is 20.1. The molecule has 4 saturated carbocycles. The van der Waals surface area contributed by atoms with Gasteiger partial charge < -0.3 is 19.7 Å². The average molecular weight is 433 g/mol. The van der Waals surface area contributed by atoms with E-state index < -0.39 is 0 Å². The number of ether oxygens (including phenoxy) is 2. The molecule has 31 heavy (non-hydrogen) atoms. The van der Waals surface area contributed by atoms with E-state index in [2.05, 4.69) is 27.7 Å². The second kappa shape index (κ2) is 6.93. The number of hydrogen-bond donors (Lipinski definition) is 2. The molecule has 0 aromatic heterocycles. The number of aliphatic hydroxyl groups is 2. The third-order valence-corrected chi connectivity index (χ3v) is 11.9. The first kappa shape index (κ1) is 21.4. The molecule has 2 saturated heterocycles. The molecule has 4 nitrogen and oxygen atoms in total. The van der Waals surface area contributed by atoms with E-state index in [4.69, 9.17) is 9.47 Å². The Balaban J connectivity index is 1.28. The maximum atomic E-state index is 11.2. The van der Waals surface area contributed by atoms with Crippen LogP contribution in [0.4, 0.5) is 0 Å². The summed E-state index contributed by atoms with van der Waals surface area (Å²) in [6.45, 7) is 10.6. The lowest BCUT2D eigenvalue weighted by molar-refractivity contribution is -0.273. The molecule has 0 bridgehead atoms. The fourth-order valence-electron chi connectivity index (χ4n) is 10.3. The molecule has 0 amide bonds. The van der Waals surface area contributed by atoms with Crippen molar-refractivity contribution in [3.8, 4) is 0 Å². The van der Waals surface area contributed by atoms with Gasteiger partial charge in [-0.15, -0.1) is 0 Å². The Bertz CT molecular complexity index is 716. The topological polar surface area (TPSA) is 58.9 Å². The Labute approximate surface area is 188 Å². The van der Waals surface area contributed by atoms with E-state index in [9.17, 15) is 10.2 Å². The fourth-order valence-corrected chi connectivity index (χ4v) is 10.3. The summed E-state index contributed by atoms with van der Waals surface area (Å²) in [4.78, 5) is 0. The first-order chi connectivity index (χ1) is 14.7. The number of hydrogen-bond acceptors (Lipinski definition) is 4. The Morgan fingerprint density at radius 3 is 2.32 bits per heavy atom. The van der Waals surface area contributed by atoms with Crippen LogP contribution in [-0.2, 0) is 9.47 Å². The highest BCUT2D eigenvalue weighted by atomic mass is 16.7. The molecule has 4 heteroatoms. The lowest BCUT2D eigenvalue weighted by Crippen LogP contribution is -2.58. The molecule has 0 aromatic rings. The van der Waals surface area contributed by atoms with Crippen LogP contribution < -0.4 is 0 Å². The SMILES string of the molecule is C[C@@H]1CC[C@@]2(OC1)O[C@H]1C[C@H]3[C@@H]4C[C@H](O)[C@@H]5C[C@@H](O)CC[C@]5(C)[C@H]4CC[C@]3(C)[C@H]1[C@@H]2C. The molecule has 6 rings (SSSR count). The molecule has 2 N–H and O–H groups in total. The van der Waals surface area contributed by atoms with Crippen molar-refractivity contribution in [3.63, 3.8) is 0 Å². The van der Waals surface area contributed by atoms with Crippen molar-refractivity contribution in [2.45, 2.75) is 110 Å². The van der Waals surface area contributed by atoms with Crippen LogP contribution in [0.15, 0.2) is 0 Å². The van der Waals surface area contributed by atoms with Crippen molar-refractivity contribution < 1.29 is 19.7 Å². The molecule has 2 heterocycles. The van der Waals surface area contributed by atoms with E-state index in [0.29, 0.717) is 47.0 Å². The van der Waals surface area contributed by atoms with Gasteiger partial charge in [0.05, 0.1) is 24.9 Å². The predicted molar refractivity (Wildman–Crippen MR) is 119 cm³/mol. The van der Waals surface area contributed by atoms with Crippen LogP contribution in [0.1, 0.15) is 85.5 Å². The van der Waals surface area contributed by atoms with E-state index in [-0.39, 0.29) is 29.3 Å². The fraction of sp³-hybridized carbons (Fsp3) is 1.00. The van der Waals surface area contributed by atoms with E-state index in [0.717, 1.165) is 45.1 Å². The molecule has 13 atom stereocenters. The van der Waals surface area contributed by atoms with Gasteiger partial charge in [0, 0.05) is 12.3 Å². The normalized spacial score (nSPS) is 63.3. The van der Waals surface area contributed by atoms with Gasteiger partial charge in [0.2, 0.25) is 0 Å². The molecule has 0 radical (unpaired) electrons. The third kappa shape index (κ3) is 2.80. The van der Waals surface area contributed by atoms with Crippen molar-refractivity contribution >= 4 is 0 Å². The lowest BCUT2D eigenvalue weighted by Gasteiger charge is -2.62. The van der Waals surface area contributed by atoms with E-state index in [1.165, 1.54) is 19.3 Å². The molecule has 0 aromatic carbocycles. The zero-order chi connectivity index (χ0) is 21.8. The summed E-state index contributed by atoms with van der Waals surface area (Å²) in [7, 11) is 0. The summed E-state index contributed by atoms with van der Waals surface area (Å²) in [6, 6.07) is 0. The molecule has 6 fully saturated rings. The maximum Gasteiger partial charge on any atom is 0.171 e. The molecule has 1 spiro atoms. The minimum Gasteiger partial charge on any atom is -0.393 e. The van der Waals surface area contributed by atoms with Crippen LogP contribution in [0.25, 0.3) is 0 Å². The first-order valence-electron chi connectivity index (χ1n) is 13.4. The van der Waals surface area contributed by atoms with Gasteiger partial charge in [-0.3, -0.25) is 0 Å². The van der Waals surface area contributed by atoms with Crippen molar-refractivity contribution in [2.24, 2.45) is 52.3 Å². The largest absolute Gasteiger partial charge is 0.393 e. The number of fused-ring (bicyclic) bond motifs is 7. The summed E-state index contributed by atoms with van der Waals surface area (Å²) in [5.74, 6) is 3.58. The highest BCUT2D eigenvalue weighted by Crippen LogP contribution is 2.71. The van der Waals surface area contributed by atoms with Crippen molar-refractivity contribution in [3.05, 3.63) is 0 Å². The Morgan fingerprint density at radius 2 is 1.58 bits per heavy atom. The molecule has 0 unspecified atom stereocenters. The first-order valence-corrected chi connectivity index (χ1v) is 13.4. The van der Waals surface area contributed by atoms with Crippen LogP contribution in [0, 0.1) is 52.3 Å². The lowest BCUT2D eigenvalue weighted by atomic mass is 9.43. The van der Waals surface area contributed by atoms with E-state index in [1.54, 1.807) is 0 Å². The molecule has 4 aliphatic carbocycles. The van der Waals surface area contributed by atoms with Gasteiger partial charge in [-0.25, -0.2) is 0 Å². The van der Waals surface area contributed by atoms with Gasteiger partial charge >= 0.3 is 0 Å². The summed E-state index contributed by atoms with van der Waals surface area (Å²) < 4.78 is 13.3. The summed E-state index contributed by atoms with van der Waals surface area (Å²) >= 11 is 0. The third-order valence-electron chi connectivity index (χ3n) is 11.9. The van der Waals surface area contributed by atoms with Crippen molar-refractivity contribution in [1.29, 1.82) is 0 Å². The van der Waals surface area contributed by atoms with E-state index >= 15 is 0 Å². The van der Waals surface area contributed by atoms with E-state index in [1.807, 2.05) is 0 Å². The van der Waals surface area contributed by atoms with Crippen molar-refractivity contribution in [2.75, 3.05) is 6.61 Å². The zero-order valence-electron chi connectivity index (χ0n) is 20.1. The predicted octanol–water partition coefficient (Wildman–Crippen LogP) is 4.76. The Kier molecular flexibility index (Phi) is 4.78. The second-order valence-electron chi connectivity index (χ2n) is 13.2. The maximum absolute atomic E-state index is 11.2. The van der Waals surface area contributed by atoms with Gasteiger partial charge in [0.15, 0.2) is 5.79 Å². The minimum atomic E-state index is -0.338. The monoisotopic (exact) mass is 432 g/mol. The molecule has 2 aliphatic heterocycles. The smallest absolute Gasteiger partial charge is 0.171 e. The standard InChI is InChI=1S/C27H44O4/c1-15-5-10-27(30-14-15)16(2)24-23(31-27)13-20-18-12-22(29)21-11-17(28)6-8-25(21,3)19(18)7-9-26(20,24)4/h15-24,28-29H,5-14H2,1-4H3/t15-,16+,17+,18-,19+,20+,21+,22+,23+,24+,25-,26+,27-/m1/s1. The Morgan fingerprint density at radius 1 is 0.806 bits per heavy atom. The number of rotatable bonds is 0. The van der Waals surface area contributed by atoms with Crippen LogP contribution >= 0.6 is 0 Å². The summed E-state index contributed by atoms with van der Waals surface area (Å²) in [6.07, 6.45) is 9.58. The average Bonchev–Trinajstić information content (AvgIpc) is 3.17. The van der Waals surface area contributed by atoms with Gasteiger partial charge in [-0.2, -0.15) is 0 Å². The molecule has 176 valence electrons. The van der Waals surface area contributed by atoms with Crippen LogP contribution in [-0.4, -0.2) is 40.9 Å². The minimum absolute atomic E-state index is 0.191. The van der Waals surface area contributed by atoms with Gasteiger partial charge in [-0.05, 0) is 97.7 Å². The highest BCUT2D eigenvalue weighted by Gasteiger charge is 2.69. The molecular formula is C27H44O4. The van der Waals surface area contributed by atoms with Crippen molar-refractivity contribution in [1.82, 2.24) is 0 Å². The number of aliphatic hydroxyl groups excluding tert-OH is 2. The molecular weight excluding hydrogens is 388 g/mol. The van der Waals surface area contributed by atoms with Crippen LogP contribution in [0.2, 0.25) is 0 Å². The highest BCUT2D eigenvalue weighted by molar-refractivity contribution is 5.16. The van der Waals surface area contributed by atoms with Crippen LogP contribution in [0.3, 0.4) is 0 Å². The molecule has 6 aliphatic rings. The quantitative estimate of drug-likeness (QED) is 0.579. The van der Waals surface area contributed by atoms with Crippen LogP contribution in [0.5, 0.6) is 0 Å². The summed E-state index contributed by atoms with van der Waals surface area (Å²) in [5.41, 5.74) is 0.495. The van der Waals surface area contributed by atoms with Gasteiger partial charge in [-0.1, -0.05) is 27.7 Å². The van der Waals surface area contributed by atoms with Gasteiger partial charge in [0.1, 0.15) is 0 Å².